The summed E-state index contributed by atoms with van der Waals surface area (Å²) in [5.74, 6) is -1.29. The monoisotopic (exact) mass is 524 g/mol. The lowest BCUT2D eigenvalue weighted by Gasteiger charge is -2.17. The lowest BCUT2D eigenvalue weighted by Crippen LogP contribution is -2.28. The highest BCUT2D eigenvalue weighted by Crippen LogP contribution is 2.40. The van der Waals surface area contributed by atoms with Crippen LogP contribution in [0.4, 0.5) is 13.2 Å². The van der Waals surface area contributed by atoms with Gasteiger partial charge in [-0.15, -0.1) is 0 Å². The zero-order chi connectivity index (χ0) is 27.1. The molecule has 1 N–H and O–H groups in total. The number of nitriles is 1. The molecule has 2 aromatic heterocycles. The van der Waals surface area contributed by atoms with E-state index in [2.05, 4.69) is 21.6 Å². The first-order valence-corrected chi connectivity index (χ1v) is 11.8. The zero-order valence-electron chi connectivity index (χ0n) is 20.7. The van der Waals surface area contributed by atoms with Gasteiger partial charge < -0.3 is 14.8 Å². The number of alkyl halides is 3. The van der Waals surface area contributed by atoms with Crippen molar-refractivity contribution >= 4 is 16.8 Å². The van der Waals surface area contributed by atoms with Crippen molar-refractivity contribution in [2.24, 2.45) is 7.05 Å². The molecule has 1 amide bonds. The first-order valence-electron chi connectivity index (χ1n) is 11.8. The van der Waals surface area contributed by atoms with E-state index < -0.39 is 30.5 Å². The Kier molecular flexibility index (Phi) is 6.44. The maximum atomic E-state index is 13.4. The molecule has 1 saturated carbocycles. The molecule has 0 unspecified atom stereocenters. The van der Waals surface area contributed by atoms with E-state index in [1.54, 1.807) is 24.0 Å². The van der Waals surface area contributed by atoms with Gasteiger partial charge in [-0.1, -0.05) is 0 Å². The summed E-state index contributed by atoms with van der Waals surface area (Å²) in [6.07, 6.45) is 2.53. The fraction of sp³-hybridized carbons (Fsp3) is 0.308. The van der Waals surface area contributed by atoms with Crippen LogP contribution in [0.5, 0.6) is 11.5 Å². The van der Waals surface area contributed by atoms with Crippen LogP contribution in [0.1, 0.15) is 29.3 Å². The van der Waals surface area contributed by atoms with Crippen LogP contribution in [0.2, 0.25) is 0 Å². The standard InChI is InChI=1S/C26H23F3N6O3/c1-4-35-12-16(11-31-35)13-5-15(10-30)22-19(6-13)33-34(2)24(22)14-7-20(37-3)23(21(8-14)38-26(28)29)25(36)32-18-9-17(18)27/h5-8,11-12,17-18,26H,4,9H2,1-3H3,(H,32,36)/t17-,18+/m0/s1. The van der Waals surface area contributed by atoms with Gasteiger partial charge in [0, 0.05) is 42.7 Å². The number of amides is 1. The molecule has 1 aliphatic rings. The van der Waals surface area contributed by atoms with Crippen molar-refractivity contribution in [2.45, 2.75) is 38.7 Å². The molecule has 0 spiro atoms. The molecule has 0 bridgehead atoms. The topological polar surface area (TPSA) is 107 Å². The number of rotatable bonds is 8. The van der Waals surface area contributed by atoms with Gasteiger partial charge in [0.2, 0.25) is 0 Å². The average molecular weight is 525 g/mol. The Balaban J connectivity index is 1.67. The van der Waals surface area contributed by atoms with E-state index in [1.165, 1.54) is 23.9 Å². The highest BCUT2D eigenvalue weighted by molar-refractivity contribution is 6.03. The Morgan fingerprint density at radius 2 is 1.97 bits per heavy atom. The second kappa shape index (κ2) is 9.74. The number of aromatic nitrogens is 4. The lowest BCUT2D eigenvalue weighted by molar-refractivity contribution is -0.0502. The normalized spacial score (nSPS) is 16.5. The van der Waals surface area contributed by atoms with Gasteiger partial charge in [0.05, 0.1) is 42.2 Å². The summed E-state index contributed by atoms with van der Waals surface area (Å²) in [6.45, 7) is -0.583. The number of fused-ring (bicyclic) bond motifs is 1. The average Bonchev–Trinajstić information content (AvgIpc) is 3.26. The molecule has 0 radical (unpaired) electrons. The van der Waals surface area contributed by atoms with E-state index in [4.69, 9.17) is 9.47 Å². The van der Waals surface area contributed by atoms with Crippen molar-refractivity contribution in [2.75, 3.05) is 7.11 Å². The first kappa shape index (κ1) is 25.1. The van der Waals surface area contributed by atoms with Crippen molar-refractivity contribution in [3.05, 3.63) is 47.8 Å². The summed E-state index contributed by atoms with van der Waals surface area (Å²) in [7, 11) is 2.93. The van der Waals surface area contributed by atoms with Crippen LogP contribution in [0.3, 0.4) is 0 Å². The van der Waals surface area contributed by atoms with E-state index in [1.807, 2.05) is 19.2 Å². The predicted molar refractivity (Wildman–Crippen MR) is 132 cm³/mol. The van der Waals surface area contributed by atoms with E-state index >= 15 is 0 Å². The summed E-state index contributed by atoms with van der Waals surface area (Å²) in [4.78, 5) is 12.8. The minimum absolute atomic E-state index is 0.0526. The number of carbonyl (C=O) groups excluding carboxylic acids is 1. The lowest BCUT2D eigenvalue weighted by atomic mass is 9.97. The molecular weight excluding hydrogens is 501 g/mol. The van der Waals surface area contributed by atoms with Crippen LogP contribution in [0, 0.1) is 11.3 Å². The first-order chi connectivity index (χ1) is 18.2. The SMILES string of the molecule is CCn1cc(-c2cc(C#N)c3c(-c4cc(OC)c(C(=O)N[C@@H]5C[C@@H]5F)c(OC(F)F)c4)n(C)nc3c2)cn1. The van der Waals surface area contributed by atoms with Gasteiger partial charge in [-0.05, 0) is 36.8 Å². The number of nitrogens with zero attached hydrogens (tertiary/aromatic N) is 5. The Hall–Kier alpha value is -4.53. The second-order valence-electron chi connectivity index (χ2n) is 8.85. The van der Waals surface area contributed by atoms with Crippen LogP contribution < -0.4 is 14.8 Å². The number of benzene rings is 2. The fourth-order valence-electron chi connectivity index (χ4n) is 4.45. The number of methoxy groups -OCH3 is 1. The number of aryl methyl sites for hydroxylation is 2. The summed E-state index contributed by atoms with van der Waals surface area (Å²) in [6, 6.07) is 7.78. The number of nitrogens with one attached hydrogen (secondary N) is 1. The van der Waals surface area contributed by atoms with E-state index in [-0.39, 0.29) is 17.7 Å². The molecule has 2 heterocycles. The predicted octanol–water partition coefficient (Wildman–Crippen LogP) is 4.45. The van der Waals surface area contributed by atoms with Gasteiger partial charge in [0.15, 0.2) is 0 Å². The number of hydrogen-bond donors (Lipinski definition) is 1. The highest BCUT2D eigenvalue weighted by Gasteiger charge is 2.40. The van der Waals surface area contributed by atoms with Gasteiger partial charge in [-0.25, -0.2) is 4.39 Å². The van der Waals surface area contributed by atoms with Crippen LogP contribution in [0.25, 0.3) is 33.3 Å². The maximum Gasteiger partial charge on any atom is 0.387 e. The van der Waals surface area contributed by atoms with Crippen molar-refractivity contribution in [3.8, 4) is 40.0 Å². The van der Waals surface area contributed by atoms with Gasteiger partial charge >= 0.3 is 6.61 Å². The van der Waals surface area contributed by atoms with E-state index in [9.17, 15) is 23.2 Å². The Morgan fingerprint density at radius 3 is 2.58 bits per heavy atom. The molecule has 4 aromatic rings. The largest absolute Gasteiger partial charge is 0.496 e. The number of ether oxygens (including phenoxy) is 2. The maximum absolute atomic E-state index is 13.4. The molecule has 2 aromatic carbocycles. The number of halogens is 3. The molecule has 0 aliphatic heterocycles. The van der Waals surface area contributed by atoms with Crippen LogP contribution in [-0.4, -0.2) is 51.4 Å². The smallest absolute Gasteiger partial charge is 0.387 e. The molecule has 38 heavy (non-hydrogen) atoms. The van der Waals surface area contributed by atoms with Gasteiger partial charge in [-0.2, -0.15) is 24.2 Å². The van der Waals surface area contributed by atoms with Gasteiger partial charge in [0.1, 0.15) is 23.2 Å². The molecule has 9 nitrogen and oxygen atoms in total. The van der Waals surface area contributed by atoms with Gasteiger partial charge in [-0.3, -0.25) is 14.2 Å². The summed E-state index contributed by atoms with van der Waals surface area (Å²) in [5.41, 5.74) is 2.85. The third-order valence-corrected chi connectivity index (χ3v) is 6.38. The van der Waals surface area contributed by atoms with Crippen molar-refractivity contribution in [3.63, 3.8) is 0 Å². The van der Waals surface area contributed by atoms with E-state index in [0.717, 1.165) is 11.1 Å². The quantitative estimate of drug-likeness (QED) is 0.365. The van der Waals surface area contributed by atoms with Crippen molar-refractivity contribution < 1.29 is 27.4 Å². The molecule has 0 saturated heterocycles. The fourth-order valence-corrected chi connectivity index (χ4v) is 4.45. The van der Waals surface area contributed by atoms with Crippen LogP contribution in [0.15, 0.2) is 36.7 Å². The molecular formula is C26H23F3N6O3. The molecule has 196 valence electrons. The molecule has 12 heteroatoms. The summed E-state index contributed by atoms with van der Waals surface area (Å²) >= 11 is 0. The Bertz CT molecular complexity index is 1590. The van der Waals surface area contributed by atoms with E-state index in [0.29, 0.717) is 34.3 Å². The highest BCUT2D eigenvalue weighted by atomic mass is 19.3. The molecule has 1 aliphatic carbocycles. The molecule has 2 atom stereocenters. The zero-order valence-corrected chi connectivity index (χ0v) is 20.7. The van der Waals surface area contributed by atoms with Crippen LogP contribution in [-0.2, 0) is 13.6 Å². The second-order valence-corrected chi connectivity index (χ2v) is 8.85. The number of hydrogen-bond acceptors (Lipinski definition) is 6. The van der Waals surface area contributed by atoms with Crippen LogP contribution >= 0.6 is 0 Å². The third kappa shape index (κ3) is 4.51. The molecule has 1 fully saturated rings. The third-order valence-electron chi connectivity index (χ3n) is 6.38. The van der Waals surface area contributed by atoms with Crippen molar-refractivity contribution in [1.29, 1.82) is 5.26 Å². The summed E-state index contributed by atoms with van der Waals surface area (Å²) < 4.78 is 53.5. The molecule has 5 rings (SSSR count). The van der Waals surface area contributed by atoms with Gasteiger partial charge in [0.25, 0.3) is 5.91 Å². The minimum atomic E-state index is -3.24. The Morgan fingerprint density at radius 1 is 1.24 bits per heavy atom. The summed E-state index contributed by atoms with van der Waals surface area (Å²) in [5, 5.41) is 21.8. The number of carbonyl (C=O) groups is 1. The minimum Gasteiger partial charge on any atom is -0.496 e. The Labute approximate surface area is 215 Å². The van der Waals surface area contributed by atoms with Crippen molar-refractivity contribution in [1.82, 2.24) is 24.9 Å².